The summed E-state index contributed by atoms with van der Waals surface area (Å²) in [6, 6.07) is 18.1. The van der Waals surface area contributed by atoms with Crippen molar-refractivity contribution in [1.29, 1.82) is 0 Å². The summed E-state index contributed by atoms with van der Waals surface area (Å²) in [5.74, 6) is -0.296. The van der Waals surface area contributed by atoms with Crippen LogP contribution in [0.1, 0.15) is 34.8 Å². The van der Waals surface area contributed by atoms with Crippen LogP contribution in [0.25, 0.3) is 0 Å². The van der Waals surface area contributed by atoms with E-state index in [0.29, 0.717) is 18.2 Å². The molecule has 0 spiro atoms. The van der Waals surface area contributed by atoms with Crippen LogP contribution in [0, 0.1) is 0 Å². The molecule has 3 rings (SSSR count). The maximum absolute atomic E-state index is 13.2. The summed E-state index contributed by atoms with van der Waals surface area (Å²) in [5.41, 5.74) is 1.35. The second kappa shape index (κ2) is 8.63. The normalized spacial score (nSPS) is 18.2. The predicted molar refractivity (Wildman–Crippen MR) is 102 cm³/mol. The highest BCUT2D eigenvalue weighted by molar-refractivity contribution is 5.97. The highest BCUT2D eigenvalue weighted by atomic mass is 16.2. The van der Waals surface area contributed by atoms with Crippen molar-refractivity contribution in [2.24, 2.45) is 0 Å². The fourth-order valence-electron chi connectivity index (χ4n) is 3.33. The van der Waals surface area contributed by atoms with Crippen LogP contribution < -0.4 is 10.6 Å². The SMILES string of the molecule is CNC1CCCN(C(=O)C(NC(=O)c2ccccc2)c2ccccc2)C1. The lowest BCUT2D eigenvalue weighted by molar-refractivity contribution is -0.134. The Morgan fingerprint density at radius 2 is 1.69 bits per heavy atom. The number of carbonyl (C=O) groups is 2. The van der Waals surface area contributed by atoms with Crippen molar-refractivity contribution < 1.29 is 9.59 Å². The van der Waals surface area contributed by atoms with E-state index in [-0.39, 0.29) is 11.8 Å². The second-order valence-electron chi connectivity index (χ2n) is 6.60. The molecule has 2 amide bonds. The molecule has 5 heteroatoms. The molecular formula is C21H25N3O2. The van der Waals surface area contributed by atoms with Gasteiger partial charge in [-0.1, -0.05) is 48.5 Å². The Morgan fingerprint density at radius 1 is 1.04 bits per heavy atom. The zero-order valence-electron chi connectivity index (χ0n) is 15.0. The first-order valence-corrected chi connectivity index (χ1v) is 9.06. The number of carbonyl (C=O) groups excluding carboxylic acids is 2. The van der Waals surface area contributed by atoms with E-state index >= 15 is 0 Å². The molecule has 0 radical (unpaired) electrons. The molecule has 0 saturated carbocycles. The molecular weight excluding hydrogens is 326 g/mol. The van der Waals surface area contributed by atoms with E-state index in [1.807, 2.05) is 60.5 Å². The number of hydrogen-bond acceptors (Lipinski definition) is 3. The predicted octanol–water partition coefficient (Wildman–Crippen LogP) is 2.37. The number of piperidine rings is 1. The zero-order valence-corrected chi connectivity index (χ0v) is 15.0. The Kier molecular flexibility index (Phi) is 6.02. The van der Waals surface area contributed by atoms with Gasteiger partial charge in [-0.2, -0.15) is 0 Å². The second-order valence-corrected chi connectivity index (χ2v) is 6.60. The van der Waals surface area contributed by atoms with E-state index < -0.39 is 6.04 Å². The number of amides is 2. The average Bonchev–Trinajstić information content (AvgIpc) is 2.72. The number of hydrogen-bond donors (Lipinski definition) is 2. The lowest BCUT2D eigenvalue weighted by atomic mass is 10.0. The summed E-state index contributed by atoms with van der Waals surface area (Å²) in [5, 5.41) is 6.18. The highest BCUT2D eigenvalue weighted by Crippen LogP contribution is 2.20. The van der Waals surface area contributed by atoms with Gasteiger partial charge in [0.05, 0.1) is 0 Å². The fourth-order valence-corrected chi connectivity index (χ4v) is 3.33. The van der Waals surface area contributed by atoms with Crippen LogP contribution in [0.3, 0.4) is 0 Å². The van der Waals surface area contributed by atoms with Gasteiger partial charge in [-0.05, 0) is 37.6 Å². The lowest BCUT2D eigenvalue weighted by Crippen LogP contribution is -2.50. The molecule has 2 N–H and O–H groups in total. The fraction of sp³-hybridized carbons (Fsp3) is 0.333. The van der Waals surface area contributed by atoms with Crippen molar-refractivity contribution >= 4 is 11.8 Å². The van der Waals surface area contributed by atoms with Gasteiger partial charge in [-0.15, -0.1) is 0 Å². The standard InChI is InChI=1S/C21H25N3O2/c1-22-18-13-8-14-24(15-18)21(26)19(16-9-4-2-5-10-16)23-20(25)17-11-6-3-7-12-17/h2-7,9-12,18-19,22H,8,13-15H2,1H3,(H,23,25). The smallest absolute Gasteiger partial charge is 0.252 e. The molecule has 2 aromatic rings. The van der Waals surface area contributed by atoms with Crippen molar-refractivity contribution in [2.75, 3.05) is 20.1 Å². The third-order valence-corrected chi connectivity index (χ3v) is 4.83. The van der Waals surface area contributed by atoms with Crippen molar-refractivity contribution in [3.8, 4) is 0 Å². The Bertz CT molecular complexity index is 733. The number of nitrogens with one attached hydrogen (secondary N) is 2. The first kappa shape index (κ1) is 18.1. The van der Waals surface area contributed by atoms with E-state index in [0.717, 1.165) is 24.9 Å². The van der Waals surface area contributed by atoms with Gasteiger partial charge in [0, 0.05) is 24.7 Å². The van der Waals surface area contributed by atoms with E-state index in [4.69, 9.17) is 0 Å². The van der Waals surface area contributed by atoms with E-state index in [9.17, 15) is 9.59 Å². The molecule has 0 aromatic heterocycles. The topological polar surface area (TPSA) is 61.4 Å². The first-order valence-electron chi connectivity index (χ1n) is 9.06. The molecule has 136 valence electrons. The highest BCUT2D eigenvalue weighted by Gasteiger charge is 2.30. The van der Waals surface area contributed by atoms with Crippen LogP contribution in [0.15, 0.2) is 60.7 Å². The Morgan fingerprint density at radius 3 is 2.35 bits per heavy atom. The van der Waals surface area contributed by atoms with Crippen molar-refractivity contribution in [3.63, 3.8) is 0 Å². The Labute approximate surface area is 154 Å². The van der Waals surface area contributed by atoms with Gasteiger partial charge in [0.25, 0.3) is 5.91 Å². The van der Waals surface area contributed by atoms with Crippen LogP contribution in [-0.4, -0.2) is 42.9 Å². The van der Waals surface area contributed by atoms with Gasteiger partial charge in [-0.3, -0.25) is 9.59 Å². The van der Waals surface area contributed by atoms with E-state index in [1.165, 1.54) is 0 Å². The zero-order chi connectivity index (χ0) is 18.4. The van der Waals surface area contributed by atoms with Crippen LogP contribution in [0.5, 0.6) is 0 Å². The number of likely N-dealkylation sites (tertiary alicyclic amines) is 1. The molecule has 2 atom stereocenters. The molecule has 0 aliphatic carbocycles. The molecule has 5 nitrogen and oxygen atoms in total. The molecule has 0 bridgehead atoms. The molecule has 26 heavy (non-hydrogen) atoms. The van der Waals surface area contributed by atoms with Crippen molar-refractivity contribution in [2.45, 2.75) is 24.9 Å². The van der Waals surface area contributed by atoms with Gasteiger partial charge in [0.1, 0.15) is 6.04 Å². The minimum absolute atomic E-state index is 0.0552. The maximum atomic E-state index is 13.2. The third kappa shape index (κ3) is 4.29. The van der Waals surface area contributed by atoms with Crippen molar-refractivity contribution in [1.82, 2.24) is 15.5 Å². The van der Waals surface area contributed by atoms with Gasteiger partial charge < -0.3 is 15.5 Å². The monoisotopic (exact) mass is 351 g/mol. The van der Waals surface area contributed by atoms with Crippen LogP contribution in [-0.2, 0) is 4.79 Å². The summed E-state index contributed by atoms with van der Waals surface area (Å²) in [7, 11) is 1.92. The summed E-state index contributed by atoms with van der Waals surface area (Å²) >= 11 is 0. The maximum Gasteiger partial charge on any atom is 0.252 e. The summed E-state index contributed by atoms with van der Waals surface area (Å²) < 4.78 is 0. The van der Waals surface area contributed by atoms with Crippen LogP contribution >= 0.6 is 0 Å². The minimum atomic E-state index is -0.681. The summed E-state index contributed by atoms with van der Waals surface area (Å²) in [4.78, 5) is 27.7. The molecule has 2 aromatic carbocycles. The van der Waals surface area contributed by atoms with Gasteiger partial charge in [0.15, 0.2) is 0 Å². The third-order valence-electron chi connectivity index (χ3n) is 4.83. The molecule has 1 aliphatic heterocycles. The van der Waals surface area contributed by atoms with Gasteiger partial charge in [0.2, 0.25) is 5.91 Å². The minimum Gasteiger partial charge on any atom is -0.339 e. The summed E-state index contributed by atoms with van der Waals surface area (Å²) in [6.45, 7) is 1.39. The lowest BCUT2D eigenvalue weighted by Gasteiger charge is -2.35. The number of likely N-dealkylation sites (N-methyl/N-ethyl adjacent to an activating group) is 1. The average molecular weight is 351 g/mol. The Hall–Kier alpha value is -2.66. The first-order chi connectivity index (χ1) is 12.7. The van der Waals surface area contributed by atoms with E-state index in [1.54, 1.807) is 12.1 Å². The van der Waals surface area contributed by atoms with Crippen molar-refractivity contribution in [3.05, 3.63) is 71.8 Å². The number of rotatable bonds is 5. The molecule has 2 unspecified atom stereocenters. The quantitative estimate of drug-likeness (QED) is 0.869. The van der Waals surface area contributed by atoms with Crippen LogP contribution in [0.4, 0.5) is 0 Å². The van der Waals surface area contributed by atoms with Gasteiger partial charge in [-0.25, -0.2) is 0 Å². The molecule has 1 heterocycles. The van der Waals surface area contributed by atoms with Crippen LogP contribution in [0.2, 0.25) is 0 Å². The number of nitrogens with zero attached hydrogens (tertiary/aromatic N) is 1. The van der Waals surface area contributed by atoms with Gasteiger partial charge >= 0.3 is 0 Å². The Balaban J connectivity index is 1.82. The number of benzene rings is 2. The molecule has 1 saturated heterocycles. The molecule has 1 aliphatic rings. The summed E-state index contributed by atoms with van der Waals surface area (Å²) in [6.07, 6.45) is 2.03. The molecule has 1 fully saturated rings. The largest absolute Gasteiger partial charge is 0.339 e. The van der Waals surface area contributed by atoms with E-state index in [2.05, 4.69) is 10.6 Å².